The Balaban J connectivity index is 1.83. The second kappa shape index (κ2) is 10.4. The molecule has 2 aromatic carbocycles. The number of H-pyrrole nitrogens is 1. The number of rotatable bonds is 8. The van der Waals surface area contributed by atoms with Crippen molar-refractivity contribution in [1.82, 2.24) is 14.9 Å². The Morgan fingerprint density at radius 3 is 2.69 bits per heavy atom. The van der Waals surface area contributed by atoms with Gasteiger partial charge in [-0.3, -0.25) is 4.79 Å². The molecule has 1 fully saturated rings. The van der Waals surface area contributed by atoms with E-state index in [9.17, 15) is 18.0 Å². The van der Waals surface area contributed by atoms with Gasteiger partial charge in [0.15, 0.2) is 5.75 Å². The van der Waals surface area contributed by atoms with Gasteiger partial charge in [0.1, 0.15) is 17.1 Å². The smallest absolute Gasteiger partial charge is 0.419 e. The van der Waals surface area contributed by atoms with Crippen LogP contribution in [-0.2, 0) is 22.1 Å². The number of allylic oxidation sites excluding steroid dienone is 2. The van der Waals surface area contributed by atoms with Crippen molar-refractivity contribution in [2.24, 2.45) is 0 Å². The maximum Gasteiger partial charge on any atom is 0.419 e. The molecule has 0 unspecified atom stereocenters. The molecule has 1 aliphatic rings. The average molecular weight is 486 g/mol. The molecule has 6 nitrogen and oxygen atoms in total. The van der Waals surface area contributed by atoms with Gasteiger partial charge in [0, 0.05) is 44.4 Å². The van der Waals surface area contributed by atoms with E-state index >= 15 is 0 Å². The SMILES string of the molecule is C=C/C(=C\N(C)C=O)Cc1ccc2[nH]c(C3CCOCC3)nc2c1Oc1ccccc1C(F)(F)F. The van der Waals surface area contributed by atoms with E-state index < -0.39 is 11.7 Å². The predicted molar refractivity (Wildman–Crippen MR) is 126 cm³/mol. The molecule has 35 heavy (non-hydrogen) atoms. The zero-order chi connectivity index (χ0) is 25.0. The van der Waals surface area contributed by atoms with Gasteiger partial charge in [0.25, 0.3) is 0 Å². The summed E-state index contributed by atoms with van der Waals surface area (Å²) in [6, 6.07) is 8.73. The van der Waals surface area contributed by atoms with Crippen molar-refractivity contribution in [3.8, 4) is 11.5 Å². The number of benzene rings is 2. The molecule has 0 bridgehead atoms. The molecule has 1 amide bonds. The van der Waals surface area contributed by atoms with Crippen molar-refractivity contribution < 1.29 is 27.4 Å². The molecule has 0 atom stereocenters. The van der Waals surface area contributed by atoms with Crippen LogP contribution >= 0.6 is 0 Å². The van der Waals surface area contributed by atoms with E-state index in [1.165, 1.54) is 23.1 Å². The van der Waals surface area contributed by atoms with E-state index in [1.54, 1.807) is 25.4 Å². The Morgan fingerprint density at radius 1 is 1.26 bits per heavy atom. The molecular weight excluding hydrogens is 459 g/mol. The molecule has 0 radical (unpaired) electrons. The molecule has 1 aromatic heterocycles. The van der Waals surface area contributed by atoms with Crippen LogP contribution in [0.2, 0.25) is 0 Å². The number of hydrogen-bond donors (Lipinski definition) is 1. The summed E-state index contributed by atoms with van der Waals surface area (Å²) in [6.07, 6.45) is 1.16. The Morgan fingerprint density at radius 2 is 2.00 bits per heavy atom. The molecule has 184 valence electrons. The molecule has 1 N–H and O–H groups in total. The van der Waals surface area contributed by atoms with Gasteiger partial charge in [-0.1, -0.05) is 30.9 Å². The molecule has 3 aromatic rings. The Labute approximate surface area is 201 Å². The number of carbonyl (C=O) groups is 1. The van der Waals surface area contributed by atoms with E-state index in [0.29, 0.717) is 41.8 Å². The zero-order valence-electron chi connectivity index (χ0n) is 19.3. The predicted octanol–water partition coefficient (Wildman–Crippen LogP) is 5.97. The van der Waals surface area contributed by atoms with Gasteiger partial charge in [0.2, 0.25) is 6.41 Å². The third kappa shape index (κ3) is 5.57. The van der Waals surface area contributed by atoms with Crippen molar-refractivity contribution in [3.05, 3.63) is 77.8 Å². The summed E-state index contributed by atoms with van der Waals surface area (Å²) in [7, 11) is 1.59. The van der Waals surface area contributed by atoms with Gasteiger partial charge in [-0.15, -0.1) is 0 Å². The average Bonchev–Trinajstić information content (AvgIpc) is 3.30. The van der Waals surface area contributed by atoms with Crippen LogP contribution in [-0.4, -0.2) is 41.5 Å². The van der Waals surface area contributed by atoms with Crippen molar-refractivity contribution in [2.75, 3.05) is 20.3 Å². The van der Waals surface area contributed by atoms with Gasteiger partial charge in [-0.2, -0.15) is 13.2 Å². The number of halogens is 3. The van der Waals surface area contributed by atoms with Gasteiger partial charge in [0.05, 0.1) is 11.1 Å². The number of ether oxygens (including phenoxy) is 2. The van der Waals surface area contributed by atoms with Gasteiger partial charge < -0.3 is 19.4 Å². The lowest BCUT2D eigenvalue weighted by atomic mass is 10.00. The number of aromatic nitrogens is 2. The van der Waals surface area contributed by atoms with E-state index in [-0.39, 0.29) is 23.8 Å². The highest BCUT2D eigenvalue weighted by Gasteiger charge is 2.34. The lowest BCUT2D eigenvalue weighted by Gasteiger charge is -2.19. The maximum atomic E-state index is 13.7. The quantitative estimate of drug-likeness (QED) is 0.315. The summed E-state index contributed by atoms with van der Waals surface area (Å²) in [6.45, 7) is 5.06. The molecule has 1 saturated heterocycles. The normalized spacial score (nSPS) is 15.3. The molecule has 0 aliphatic carbocycles. The lowest BCUT2D eigenvalue weighted by molar-refractivity contribution is -0.138. The molecule has 0 spiro atoms. The van der Waals surface area contributed by atoms with Crippen molar-refractivity contribution >= 4 is 17.4 Å². The first-order chi connectivity index (χ1) is 16.8. The third-order valence-electron chi connectivity index (χ3n) is 5.91. The minimum Gasteiger partial charge on any atom is -0.454 e. The number of imidazole rings is 1. The minimum absolute atomic E-state index is 0.166. The summed E-state index contributed by atoms with van der Waals surface area (Å²) in [5.41, 5.74) is 1.55. The second-order valence-electron chi connectivity index (χ2n) is 8.41. The number of nitrogens with zero attached hydrogens (tertiary/aromatic N) is 2. The monoisotopic (exact) mass is 485 g/mol. The van der Waals surface area contributed by atoms with Gasteiger partial charge in [-0.05, 0) is 36.6 Å². The molecule has 4 rings (SSSR count). The first-order valence-corrected chi connectivity index (χ1v) is 11.2. The molecule has 0 saturated carbocycles. The maximum absolute atomic E-state index is 13.7. The van der Waals surface area contributed by atoms with Crippen LogP contribution in [0.15, 0.2) is 60.8 Å². The number of amides is 1. The summed E-state index contributed by atoms with van der Waals surface area (Å²) < 4.78 is 52.5. The van der Waals surface area contributed by atoms with Crippen LogP contribution in [0.5, 0.6) is 11.5 Å². The van der Waals surface area contributed by atoms with E-state index in [4.69, 9.17) is 14.5 Å². The third-order valence-corrected chi connectivity index (χ3v) is 5.91. The second-order valence-corrected chi connectivity index (χ2v) is 8.41. The van der Waals surface area contributed by atoms with Gasteiger partial charge in [-0.25, -0.2) is 4.98 Å². The van der Waals surface area contributed by atoms with Crippen LogP contribution in [0.4, 0.5) is 13.2 Å². The van der Waals surface area contributed by atoms with Crippen molar-refractivity contribution in [1.29, 1.82) is 0 Å². The van der Waals surface area contributed by atoms with E-state index in [0.717, 1.165) is 24.7 Å². The summed E-state index contributed by atoms with van der Waals surface area (Å²) >= 11 is 0. The van der Waals surface area contributed by atoms with Crippen LogP contribution in [0.1, 0.15) is 35.7 Å². The first kappa shape index (κ1) is 24.5. The topological polar surface area (TPSA) is 67.5 Å². The summed E-state index contributed by atoms with van der Waals surface area (Å²) in [5, 5.41) is 0. The highest BCUT2D eigenvalue weighted by atomic mass is 19.4. The number of alkyl halides is 3. The first-order valence-electron chi connectivity index (χ1n) is 11.2. The standard InChI is InChI=1S/C26H26F3N3O3/c1-3-17(15-32(2)16-33)14-19-8-9-21-23(31-25(30-21)18-10-12-34-13-11-18)24(19)35-22-7-5-4-6-20(22)26(27,28)29/h3-9,15-16,18H,1,10-14H2,2H3,(H,30,31)/b17-15+. The van der Waals surface area contributed by atoms with Crippen LogP contribution in [0.25, 0.3) is 11.0 Å². The number of nitrogens with one attached hydrogen (secondary N) is 1. The summed E-state index contributed by atoms with van der Waals surface area (Å²) in [4.78, 5) is 20.5. The Kier molecular flexibility index (Phi) is 7.25. The largest absolute Gasteiger partial charge is 0.454 e. The summed E-state index contributed by atoms with van der Waals surface area (Å²) in [5.74, 6) is 0.850. The molecule has 9 heteroatoms. The fourth-order valence-electron chi connectivity index (χ4n) is 4.11. The van der Waals surface area contributed by atoms with Crippen molar-refractivity contribution in [3.63, 3.8) is 0 Å². The van der Waals surface area contributed by atoms with E-state index in [1.807, 2.05) is 6.07 Å². The lowest BCUT2D eigenvalue weighted by Crippen LogP contribution is -2.15. The fourth-order valence-corrected chi connectivity index (χ4v) is 4.11. The Hall–Kier alpha value is -3.59. The zero-order valence-corrected chi connectivity index (χ0v) is 19.3. The molecular formula is C26H26F3N3O3. The number of carbonyl (C=O) groups excluding carboxylic acids is 1. The number of hydrogen-bond acceptors (Lipinski definition) is 4. The van der Waals surface area contributed by atoms with Crippen LogP contribution in [0.3, 0.4) is 0 Å². The number of para-hydroxylation sites is 1. The molecule has 1 aliphatic heterocycles. The van der Waals surface area contributed by atoms with Crippen LogP contribution < -0.4 is 4.74 Å². The minimum atomic E-state index is -4.58. The van der Waals surface area contributed by atoms with Crippen molar-refractivity contribution in [2.45, 2.75) is 31.4 Å². The van der Waals surface area contributed by atoms with Gasteiger partial charge >= 0.3 is 6.18 Å². The Bertz CT molecular complexity index is 1240. The van der Waals surface area contributed by atoms with Crippen LogP contribution in [0, 0.1) is 0 Å². The van der Waals surface area contributed by atoms with E-state index in [2.05, 4.69) is 11.6 Å². The highest BCUT2D eigenvalue weighted by Crippen LogP contribution is 2.41. The number of fused-ring (bicyclic) bond motifs is 1. The number of aromatic amines is 1. The highest BCUT2D eigenvalue weighted by molar-refractivity contribution is 5.84. The fraction of sp³-hybridized carbons (Fsp3) is 0.308. The molecule has 2 heterocycles.